The monoisotopic (exact) mass is 467 g/mol. The number of pyridine rings is 1. The molecule has 0 bridgehead atoms. The predicted octanol–water partition coefficient (Wildman–Crippen LogP) is 6.06. The van der Waals surface area contributed by atoms with Gasteiger partial charge in [-0.05, 0) is 41.4 Å². The van der Waals surface area contributed by atoms with E-state index in [0.717, 1.165) is 5.69 Å². The van der Waals surface area contributed by atoms with Gasteiger partial charge in [-0.25, -0.2) is 14.8 Å². The number of ether oxygens (including phenoxy) is 1. The highest BCUT2D eigenvalue weighted by atomic mass is 79.9. The van der Waals surface area contributed by atoms with Crippen LogP contribution in [0.3, 0.4) is 0 Å². The number of nitrogens with zero attached hydrogens (tertiary/aromatic N) is 2. The lowest BCUT2D eigenvalue weighted by Gasteiger charge is -2.16. The minimum Gasteiger partial charge on any atom is -0.478 e. The molecule has 0 fully saturated rings. The van der Waals surface area contributed by atoms with Crippen LogP contribution in [0.1, 0.15) is 28.5 Å². The van der Waals surface area contributed by atoms with Gasteiger partial charge in [-0.15, -0.1) is 11.3 Å². The van der Waals surface area contributed by atoms with E-state index in [9.17, 15) is 9.90 Å². The molecule has 9 heteroatoms. The quantitative estimate of drug-likeness (QED) is 0.457. The summed E-state index contributed by atoms with van der Waals surface area (Å²) in [6.45, 7) is 3.75. The van der Waals surface area contributed by atoms with Gasteiger partial charge in [-0.3, -0.25) is 0 Å². The Balaban J connectivity index is 2.04. The second kappa shape index (κ2) is 8.24. The molecule has 0 atom stereocenters. The van der Waals surface area contributed by atoms with Gasteiger partial charge in [0, 0.05) is 27.7 Å². The number of thiazole rings is 1. The van der Waals surface area contributed by atoms with Crippen molar-refractivity contribution in [2.24, 2.45) is 0 Å². The van der Waals surface area contributed by atoms with Gasteiger partial charge in [0.2, 0.25) is 0 Å². The summed E-state index contributed by atoms with van der Waals surface area (Å²) in [7, 11) is 0. The van der Waals surface area contributed by atoms with Crippen LogP contribution >= 0.6 is 38.9 Å². The fourth-order valence-corrected chi connectivity index (χ4v) is 3.69. The van der Waals surface area contributed by atoms with Gasteiger partial charge < -0.3 is 15.2 Å². The van der Waals surface area contributed by atoms with Gasteiger partial charge in [0.05, 0.1) is 16.3 Å². The lowest BCUT2D eigenvalue weighted by Crippen LogP contribution is -2.05. The molecule has 0 aliphatic heterocycles. The van der Waals surface area contributed by atoms with Crippen molar-refractivity contribution in [3.8, 4) is 11.5 Å². The molecule has 0 amide bonds. The van der Waals surface area contributed by atoms with Crippen LogP contribution in [0.2, 0.25) is 5.02 Å². The summed E-state index contributed by atoms with van der Waals surface area (Å²) >= 11 is 11.1. The van der Waals surface area contributed by atoms with Gasteiger partial charge in [0.25, 0.3) is 0 Å². The smallest absolute Gasteiger partial charge is 0.336 e. The number of carboxylic acids is 1. The van der Waals surface area contributed by atoms with E-state index in [1.807, 2.05) is 19.2 Å². The van der Waals surface area contributed by atoms with Crippen molar-refractivity contribution >= 4 is 55.8 Å². The zero-order valence-corrected chi connectivity index (χ0v) is 17.6. The summed E-state index contributed by atoms with van der Waals surface area (Å²) < 4.78 is 6.75. The Morgan fingerprint density at radius 1 is 1.44 bits per heavy atom. The standard InChI is InChI=1S/C18H15BrClN3O3S/c1-3-11-12(17(24)25)4-5-13(20)15(11)26-14-6-10(19)7-21-16(14)23-18-22-9(2)8-27-18/h4-8H,3H2,1-2H3,(H,24,25)(H,21,22,23). The van der Waals surface area contributed by atoms with E-state index in [-0.39, 0.29) is 5.56 Å². The summed E-state index contributed by atoms with van der Waals surface area (Å²) in [5, 5.41) is 15.5. The van der Waals surface area contributed by atoms with E-state index in [1.54, 1.807) is 12.3 Å². The minimum atomic E-state index is -1.03. The van der Waals surface area contributed by atoms with Gasteiger partial charge in [-0.1, -0.05) is 18.5 Å². The van der Waals surface area contributed by atoms with Crippen molar-refractivity contribution in [3.05, 3.63) is 56.1 Å². The zero-order valence-electron chi connectivity index (χ0n) is 14.4. The number of hydrogen-bond acceptors (Lipinski definition) is 6. The first-order chi connectivity index (χ1) is 12.9. The first kappa shape index (κ1) is 19.6. The highest BCUT2D eigenvalue weighted by Crippen LogP contribution is 2.39. The topological polar surface area (TPSA) is 84.3 Å². The van der Waals surface area contributed by atoms with Crippen molar-refractivity contribution in [2.75, 3.05) is 5.32 Å². The molecule has 0 radical (unpaired) electrons. The van der Waals surface area contributed by atoms with Crippen LogP contribution in [0.15, 0.2) is 34.2 Å². The van der Waals surface area contributed by atoms with Crippen molar-refractivity contribution < 1.29 is 14.6 Å². The summed E-state index contributed by atoms with van der Waals surface area (Å²) in [5.74, 6) is 0.123. The van der Waals surface area contributed by atoms with Crippen LogP contribution < -0.4 is 10.1 Å². The average molecular weight is 469 g/mol. The summed E-state index contributed by atoms with van der Waals surface area (Å²) in [5.41, 5.74) is 1.57. The number of aromatic carboxylic acids is 1. The van der Waals surface area contributed by atoms with E-state index in [4.69, 9.17) is 16.3 Å². The highest BCUT2D eigenvalue weighted by Gasteiger charge is 2.19. The van der Waals surface area contributed by atoms with Crippen LogP contribution in [0.25, 0.3) is 0 Å². The molecule has 0 saturated carbocycles. The molecule has 3 rings (SSSR count). The van der Waals surface area contributed by atoms with Crippen LogP contribution in [0.5, 0.6) is 11.5 Å². The minimum absolute atomic E-state index is 0.157. The Kier molecular flexibility index (Phi) is 5.98. The third-order valence-corrected chi connectivity index (χ3v) is 5.28. The molecule has 0 aliphatic rings. The molecule has 27 heavy (non-hydrogen) atoms. The lowest BCUT2D eigenvalue weighted by atomic mass is 10.0. The third kappa shape index (κ3) is 4.40. The third-order valence-electron chi connectivity index (χ3n) is 3.67. The molecular formula is C18H15BrClN3O3S. The molecule has 3 aromatic rings. The highest BCUT2D eigenvalue weighted by molar-refractivity contribution is 9.10. The predicted molar refractivity (Wildman–Crippen MR) is 110 cm³/mol. The maximum absolute atomic E-state index is 11.5. The summed E-state index contributed by atoms with van der Waals surface area (Å²) in [4.78, 5) is 20.2. The second-order valence-electron chi connectivity index (χ2n) is 5.58. The molecule has 0 unspecified atom stereocenters. The number of anilines is 2. The first-order valence-electron chi connectivity index (χ1n) is 7.96. The molecular weight excluding hydrogens is 454 g/mol. The Labute approximate surface area is 173 Å². The van der Waals surface area contributed by atoms with Gasteiger partial charge in [0.1, 0.15) is 5.75 Å². The number of rotatable bonds is 6. The Morgan fingerprint density at radius 2 is 2.22 bits per heavy atom. The molecule has 140 valence electrons. The number of aryl methyl sites for hydroxylation is 1. The molecule has 2 heterocycles. The molecule has 0 saturated heterocycles. The van der Waals surface area contributed by atoms with E-state index >= 15 is 0 Å². The van der Waals surface area contributed by atoms with Gasteiger partial charge >= 0.3 is 5.97 Å². The number of carboxylic acid groups (broad SMARTS) is 1. The van der Waals surface area contributed by atoms with Crippen molar-refractivity contribution in [1.82, 2.24) is 9.97 Å². The van der Waals surface area contributed by atoms with Crippen LogP contribution in [0.4, 0.5) is 10.9 Å². The molecule has 0 aliphatic carbocycles. The average Bonchev–Trinajstić information content (AvgIpc) is 3.03. The second-order valence-corrected chi connectivity index (χ2v) is 7.76. The number of carbonyl (C=O) groups is 1. The van der Waals surface area contributed by atoms with E-state index in [2.05, 4.69) is 31.2 Å². The van der Waals surface area contributed by atoms with Crippen molar-refractivity contribution in [2.45, 2.75) is 20.3 Å². The maximum Gasteiger partial charge on any atom is 0.336 e. The SMILES string of the molecule is CCc1c(C(=O)O)ccc(Cl)c1Oc1cc(Br)cnc1Nc1nc(C)cs1. The van der Waals surface area contributed by atoms with Crippen LogP contribution in [-0.4, -0.2) is 21.0 Å². The fraction of sp³-hybridized carbons (Fsp3) is 0.167. The number of halogens is 2. The van der Waals surface area contributed by atoms with Gasteiger partial charge in [0.15, 0.2) is 16.7 Å². The molecule has 0 spiro atoms. The van der Waals surface area contributed by atoms with E-state index in [1.165, 1.54) is 23.5 Å². The molecule has 6 nitrogen and oxygen atoms in total. The van der Waals surface area contributed by atoms with E-state index in [0.29, 0.717) is 43.9 Å². The number of benzene rings is 1. The van der Waals surface area contributed by atoms with Gasteiger partial charge in [-0.2, -0.15) is 0 Å². The Hall–Kier alpha value is -2.16. The zero-order chi connectivity index (χ0) is 19.6. The largest absolute Gasteiger partial charge is 0.478 e. The molecule has 1 aromatic carbocycles. The normalized spacial score (nSPS) is 10.7. The first-order valence-corrected chi connectivity index (χ1v) is 10.0. The lowest BCUT2D eigenvalue weighted by molar-refractivity contribution is 0.0695. The van der Waals surface area contributed by atoms with Crippen molar-refractivity contribution in [3.63, 3.8) is 0 Å². The number of hydrogen-bond donors (Lipinski definition) is 2. The Bertz CT molecular complexity index is 1010. The summed E-state index contributed by atoms with van der Waals surface area (Å²) in [6, 6.07) is 4.73. The fourth-order valence-electron chi connectivity index (χ4n) is 2.48. The Morgan fingerprint density at radius 3 is 2.85 bits per heavy atom. The molecule has 2 N–H and O–H groups in total. The number of nitrogens with one attached hydrogen (secondary N) is 1. The molecule has 2 aromatic heterocycles. The van der Waals surface area contributed by atoms with Crippen LogP contribution in [-0.2, 0) is 6.42 Å². The maximum atomic E-state index is 11.5. The van der Waals surface area contributed by atoms with Crippen molar-refractivity contribution in [1.29, 1.82) is 0 Å². The summed E-state index contributed by atoms with van der Waals surface area (Å²) in [6.07, 6.45) is 2.08. The van der Waals surface area contributed by atoms with Crippen LogP contribution in [0, 0.1) is 6.92 Å². The number of aromatic nitrogens is 2. The van der Waals surface area contributed by atoms with E-state index < -0.39 is 5.97 Å².